The van der Waals surface area contributed by atoms with Crippen molar-refractivity contribution in [1.29, 1.82) is 0 Å². The maximum Gasteiger partial charge on any atom is 0.398 e. The van der Waals surface area contributed by atoms with Crippen LogP contribution in [0.4, 0.5) is 5.82 Å². The molecule has 1 atom stereocenters. The van der Waals surface area contributed by atoms with E-state index < -0.39 is 22.4 Å². The van der Waals surface area contributed by atoms with Crippen LogP contribution < -0.4 is 15.2 Å². The third kappa shape index (κ3) is 5.83. The fourth-order valence-corrected chi connectivity index (χ4v) is 6.48. The molecule has 0 radical (unpaired) electrons. The molecule has 0 aliphatic carbocycles. The first-order valence-corrected chi connectivity index (χ1v) is 14.7. The summed E-state index contributed by atoms with van der Waals surface area (Å²) in [5, 5.41) is 0.704. The number of likely N-dealkylation sites (tertiary alicyclic amines) is 1. The van der Waals surface area contributed by atoms with Crippen LogP contribution in [-0.2, 0) is 25.9 Å². The van der Waals surface area contributed by atoms with Gasteiger partial charge in [0.25, 0.3) is 5.91 Å². The molecule has 0 saturated carbocycles. The van der Waals surface area contributed by atoms with E-state index in [9.17, 15) is 13.2 Å². The molecular formula is C22H25BrN6O7S2. The van der Waals surface area contributed by atoms with E-state index in [1.54, 1.807) is 4.90 Å². The second-order valence-corrected chi connectivity index (χ2v) is 11.8. The number of hydrogen-bond acceptors (Lipinski definition) is 11. The monoisotopic (exact) mass is 628 g/mol. The fourth-order valence-electron chi connectivity index (χ4n) is 4.52. The quantitative estimate of drug-likeness (QED) is 0.350. The highest BCUT2D eigenvalue weighted by atomic mass is 79.9. The van der Waals surface area contributed by atoms with E-state index in [4.69, 9.17) is 24.7 Å². The second kappa shape index (κ2) is 10.8. The van der Waals surface area contributed by atoms with E-state index in [2.05, 4.69) is 30.1 Å². The van der Waals surface area contributed by atoms with E-state index in [1.165, 1.54) is 25.0 Å². The first-order chi connectivity index (χ1) is 18.1. The number of rotatable bonds is 8. The van der Waals surface area contributed by atoms with Crippen LogP contribution in [0.15, 0.2) is 33.0 Å². The molecule has 2 aliphatic heterocycles. The Hall–Kier alpha value is -2.66. The van der Waals surface area contributed by atoms with Gasteiger partial charge in [0.2, 0.25) is 6.79 Å². The summed E-state index contributed by atoms with van der Waals surface area (Å²) < 4.78 is 48.9. The predicted molar refractivity (Wildman–Crippen MR) is 140 cm³/mol. The Labute approximate surface area is 231 Å². The van der Waals surface area contributed by atoms with Gasteiger partial charge >= 0.3 is 10.4 Å². The summed E-state index contributed by atoms with van der Waals surface area (Å²) in [5.74, 6) is 1.49. The SMILES string of the molecule is C[C@H](OS(=O)(=O)O)C(=O)N1CCC(CCn2c(Sc3cc4c(cc3Br)OCO4)nc3c(N)ncnc32)CC1. The molecule has 1 aromatic carbocycles. The van der Waals surface area contributed by atoms with Crippen molar-refractivity contribution < 1.29 is 31.4 Å². The molecule has 0 unspecified atom stereocenters. The van der Waals surface area contributed by atoms with E-state index in [1.807, 2.05) is 16.7 Å². The van der Waals surface area contributed by atoms with E-state index in [0.717, 1.165) is 28.6 Å². The van der Waals surface area contributed by atoms with Crippen LogP contribution in [0.25, 0.3) is 11.2 Å². The highest BCUT2D eigenvalue weighted by molar-refractivity contribution is 9.10. The Balaban J connectivity index is 1.29. The van der Waals surface area contributed by atoms with E-state index in [-0.39, 0.29) is 6.79 Å². The smallest absolute Gasteiger partial charge is 0.398 e. The topological polar surface area (TPSA) is 172 Å². The standard InChI is InChI=1S/C22H25BrN6O7S2/c1-12(36-38(31,32)33)21(30)28-5-2-13(3-6-28)4-7-29-20-18(19(24)25-10-26-20)27-22(29)37-17-9-16-15(8-14(17)23)34-11-35-16/h8-10,12-13H,2-7,11H2,1H3,(H2,24,25,26)(H,31,32,33)/t12-/m0/s1. The number of carbonyl (C=O) groups excluding carboxylic acids is 1. The number of anilines is 1. The number of ether oxygens (including phenoxy) is 2. The molecule has 1 fully saturated rings. The van der Waals surface area contributed by atoms with Crippen molar-refractivity contribution in [3.63, 3.8) is 0 Å². The number of carbonyl (C=O) groups is 1. The number of halogens is 1. The molecule has 16 heteroatoms. The van der Waals surface area contributed by atoms with Crippen molar-refractivity contribution in [2.24, 2.45) is 5.92 Å². The molecule has 38 heavy (non-hydrogen) atoms. The minimum atomic E-state index is -4.70. The lowest BCUT2D eigenvalue weighted by Gasteiger charge is -2.33. The van der Waals surface area contributed by atoms with Crippen LogP contribution in [0.5, 0.6) is 11.5 Å². The Morgan fingerprint density at radius 3 is 2.71 bits per heavy atom. The predicted octanol–water partition coefficient (Wildman–Crippen LogP) is 2.89. The summed E-state index contributed by atoms with van der Waals surface area (Å²) in [6, 6.07) is 3.76. The van der Waals surface area contributed by atoms with Gasteiger partial charge in [0.05, 0.1) is 0 Å². The average Bonchev–Trinajstić information content (AvgIpc) is 3.46. The molecule has 2 aromatic heterocycles. The van der Waals surface area contributed by atoms with Crippen LogP contribution in [0.1, 0.15) is 26.2 Å². The van der Waals surface area contributed by atoms with Gasteiger partial charge in [-0.25, -0.2) is 19.1 Å². The zero-order chi connectivity index (χ0) is 27.0. The van der Waals surface area contributed by atoms with E-state index >= 15 is 0 Å². The number of amides is 1. The molecular weight excluding hydrogens is 604 g/mol. The van der Waals surface area contributed by atoms with Crippen molar-refractivity contribution >= 4 is 61.0 Å². The summed E-state index contributed by atoms with van der Waals surface area (Å²) in [7, 11) is -4.70. The van der Waals surface area contributed by atoms with Crippen molar-refractivity contribution in [2.45, 2.75) is 48.9 Å². The lowest BCUT2D eigenvalue weighted by atomic mass is 9.93. The molecule has 4 heterocycles. The van der Waals surface area contributed by atoms with Gasteiger partial charge in [-0.1, -0.05) is 11.8 Å². The van der Waals surface area contributed by atoms with Gasteiger partial charge in [-0.2, -0.15) is 8.42 Å². The molecule has 1 saturated heterocycles. The lowest BCUT2D eigenvalue weighted by molar-refractivity contribution is -0.139. The third-order valence-corrected chi connectivity index (χ3v) is 8.96. The number of nitrogens with zero attached hydrogens (tertiary/aromatic N) is 5. The van der Waals surface area contributed by atoms with E-state index in [0.29, 0.717) is 59.2 Å². The minimum absolute atomic E-state index is 0.178. The summed E-state index contributed by atoms with van der Waals surface area (Å²) >= 11 is 5.05. The van der Waals surface area contributed by atoms with Gasteiger partial charge in [-0.05, 0) is 60.2 Å². The number of nitrogens with two attached hydrogens (primary N) is 1. The number of hydrogen-bond donors (Lipinski definition) is 2. The molecule has 13 nitrogen and oxygen atoms in total. The minimum Gasteiger partial charge on any atom is -0.454 e. The van der Waals surface area contributed by atoms with Gasteiger partial charge in [0, 0.05) is 29.0 Å². The maximum absolute atomic E-state index is 12.5. The van der Waals surface area contributed by atoms with Crippen molar-refractivity contribution in [3.05, 3.63) is 22.9 Å². The van der Waals surface area contributed by atoms with Crippen LogP contribution in [0, 0.1) is 5.92 Å². The molecule has 2 aliphatic rings. The number of aryl methyl sites for hydroxylation is 1. The number of fused-ring (bicyclic) bond motifs is 2. The Kier molecular flexibility index (Phi) is 7.68. The molecule has 204 valence electrons. The molecule has 1 amide bonds. The number of piperidine rings is 1. The van der Waals surface area contributed by atoms with Gasteiger partial charge in [0.15, 0.2) is 39.7 Å². The average molecular weight is 630 g/mol. The van der Waals surface area contributed by atoms with Crippen LogP contribution in [0.3, 0.4) is 0 Å². The Morgan fingerprint density at radius 2 is 2.00 bits per heavy atom. The number of imidazole rings is 1. The zero-order valence-electron chi connectivity index (χ0n) is 20.2. The second-order valence-electron chi connectivity index (χ2n) is 8.94. The summed E-state index contributed by atoms with van der Waals surface area (Å²) in [6.07, 6.45) is 2.43. The highest BCUT2D eigenvalue weighted by Crippen LogP contribution is 2.43. The number of aromatic nitrogens is 4. The van der Waals surface area contributed by atoms with Crippen molar-refractivity contribution in [3.8, 4) is 11.5 Å². The van der Waals surface area contributed by atoms with Crippen LogP contribution in [-0.4, -0.2) is 69.3 Å². The Morgan fingerprint density at radius 1 is 1.29 bits per heavy atom. The van der Waals surface area contributed by atoms with Gasteiger partial charge < -0.3 is 24.7 Å². The first-order valence-electron chi connectivity index (χ1n) is 11.8. The maximum atomic E-state index is 12.5. The Bertz CT molecular complexity index is 1480. The largest absolute Gasteiger partial charge is 0.454 e. The number of nitrogen functional groups attached to an aromatic ring is 1. The molecule has 5 rings (SSSR count). The summed E-state index contributed by atoms with van der Waals surface area (Å²) in [6.45, 7) is 3.04. The molecule has 3 aromatic rings. The third-order valence-electron chi connectivity index (χ3n) is 6.45. The van der Waals surface area contributed by atoms with Crippen LogP contribution in [0.2, 0.25) is 0 Å². The van der Waals surface area contributed by atoms with Crippen LogP contribution >= 0.6 is 27.7 Å². The van der Waals surface area contributed by atoms with Gasteiger partial charge in [0.1, 0.15) is 6.33 Å². The molecule has 0 bridgehead atoms. The fraction of sp³-hybridized carbons (Fsp3) is 0.455. The van der Waals surface area contributed by atoms with Gasteiger partial charge in [-0.3, -0.25) is 9.35 Å². The summed E-state index contributed by atoms with van der Waals surface area (Å²) in [5.41, 5.74) is 7.27. The molecule has 0 spiro atoms. The normalized spacial score (nSPS) is 16.8. The summed E-state index contributed by atoms with van der Waals surface area (Å²) in [4.78, 5) is 28.2. The highest BCUT2D eigenvalue weighted by Gasteiger charge is 2.29. The first kappa shape index (κ1) is 26.9. The van der Waals surface area contributed by atoms with Gasteiger partial charge in [-0.15, -0.1) is 0 Å². The zero-order valence-corrected chi connectivity index (χ0v) is 23.5. The van der Waals surface area contributed by atoms with Crippen molar-refractivity contribution in [2.75, 3.05) is 25.6 Å². The molecule has 3 N–H and O–H groups in total. The van der Waals surface area contributed by atoms with Crippen molar-refractivity contribution in [1.82, 2.24) is 24.4 Å². The number of benzene rings is 1. The lowest BCUT2D eigenvalue weighted by Crippen LogP contribution is -2.44.